The number of ether oxygens (including phenoxy) is 3. The van der Waals surface area contributed by atoms with Crippen molar-refractivity contribution in [1.29, 1.82) is 0 Å². The van der Waals surface area contributed by atoms with Gasteiger partial charge in [-0.1, -0.05) is 6.92 Å². The first kappa shape index (κ1) is 24.5. The third kappa shape index (κ3) is 7.45. The summed E-state index contributed by atoms with van der Waals surface area (Å²) in [6, 6.07) is 1.53. The summed E-state index contributed by atoms with van der Waals surface area (Å²) in [6.07, 6.45) is -0.231. The average Bonchev–Trinajstić information content (AvgIpc) is 2.67. The lowest BCUT2D eigenvalue weighted by Crippen LogP contribution is -2.42. The van der Waals surface area contributed by atoms with Gasteiger partial charge in [0.2, 0.25) is 5.75 Å². The van der Waals surface area contributed by atoms with Gasteiger partial charge in [-0.2, -0.15) is 0 Å². The second kappa shape index (κ2) is 11.5. The molecule has 0 radical (unpaired) electrons. The van der Waals surface area contributed by atoms with Gasteiger partial charge in [0.05, 0.1) is 25.6 Å². The normalized spacial score (nSPS) is 12.1. The van der Waals surface area contributed by atoms with E-state index in [0.717, 1.165) is 0 Å². The van der Waals surface area contributed by atoms with E-state index in [0.29, 0.717) is 37.1 Å². The van der Waals surface area contributed by atoms with Crippen LogP contribution in [-0.4, -0.2) is 62.8 Å². The molecule has 1 rings (SSSR count). The van der Waals surface area contributed by atoms with E-state index in [9.17, 15) is 23.1 Å². The number of carbonyl (C=O) groups excluding carboxylic acids is 1. The Bertz CT molecular complexity index is 779. The number of aliphatic carboxylic acids is 1. The number of carboxylic acid groups (broad SMARTS) is 1. The molecule has 2 N–H and O–H groups in total. The van der Waals surface area contributed by atoms with Crippen molar-refractivity contribution in [3.63, 3.8) is 0 Å². The van der Waals surface area contributed by atoms with E-state index in [1.54, 1.807) is 20.8 Å². The third-order valence-corrected chi connectivity index (χ3v) is 5.67. The molecule has 0 fully saturated rings. The van der Waals surface area contributed by atoms with Gasteiger partial charge in [0, 0.05) is 11.3 Å². The van der Waals surface area contributed by atoms with Crippen molar-refractivity contribution in [2.45, 2.75) is 40.2 Å². The van der Waals surface area contributed by atoms with Gasteiger partial charge in [0.15, 0.2) is 11.5 Å². The van der Waals surface area contributed by atoms with Crippen LogP contribution in [0.5, 0.6) is 17.2 Å². The van der Waals surface area contributed by atoms with Crippen LogP contribution in [-0.2, 0) is 14.6 Å². The zero-order valence-corrected chi connectivity index (χ0v) is 18.0. The van der Waals surface area contributed by atoms with Crippen LogP contribution in [0.25, 0.3) is 0 Å². The highest BCUT2D eigenvalue weighted by Crippen LogP contribution is 2.39. The number of nitrogens with one attached hydrogen (secondary N) is 1. The third-order valence-electron chi connectivity index (χ3n) is 3.93. The predicted molar refractivity (Wildman–Crippen MR) is 108 cm³/mol. The maximum absolute atomic E-state index is 12.7. The summed E-state index contributed by atoms with van der Waals surface area (Å²) >= 11 is 0. The molecule has 1 atom stereocenters. The Hall–Kier alpha value is -2.49. The van der Waals surface area contributed by atoms with Crippen LogP contribution in [0.15, 0.2) is 12.1 Å². The van der Waals surface area contributed by atoms with E-state index in [4.69, 9.17) is 14.2 Å². The van der Waals surface area contributed by atoms with E-state index in [1.807, 2.05) is 0 Å². The molecule has 0 aliphatic heterocycles. The van der Waals surface area contributed by atoms with Gasteiger partial charge in [-0.25, -0.2) is 13.2 Å². The van der Waals surface area contributed by atoms with Crippen molar-refractivity contribution in [2.75, 3.05) is 31.3 Å². The number of carboxylic acids is 1. The first-order valence-corrected chi connectivity index (χ1v) is 11.3. The fraction of sp³-hybridized carbons (Fsp3) is 0.579. The number of amides is 1. The molecule has 9 nitrogen and oxygen atoms in total. The van der Waals surface area contributed by atoms with Crippen LogP contribution in [0.4, 0.5) is 0 Å². The molecule has 0 aliphatic carbocycles. The minimum Gasteiger partial charge on any atom is -0.490 e. The molecular weight excluding hydrogens is 402 g/mol. The molecule has 0 aromatic heterocycles. The maximum Gasteiger partial charge on any atom is 0.326 e. The smallest absolute Gasteiger partial charge is 0.326 e. The molecule has 0 bridgehead atoms. The number of rotatable bonds is 13. The summed E-state index contributed by atoms with van der Waals surface area (Å²) in [6.45, 7) is 7.84. The minimum absolute atomic E-state index is 0.0956. The molecule has 0 saturated carbocycles. The number of hydrogen-bond acceptors (Lipinski definition) is 7. The molecule has 0 unspecified atom stereocenters. The van der Waals surface area contributed by atoms with E-state index in [-0.39, 0.29) is 23.5 Å². The van der Waals surface area contributed by atoms with Gasteiger partial charge in [-0.15, -0.1) is 0 Å². The van der Waals surface area contributed by atoms with Crippen molar-refractivity contribution >= 4 is 21.7 Å². The Morgan fingerprint density at radius 1 is 1.00 bits per heavy atom. The Kier molecular flexibility index (Phi) is 9.73. The van der Waals surface area contributed by atoms with Gasteiger partial charge in [0.1, 0.15) is 15.9 Å². The van der Waals surface area contributed by atoms with Crippen LogP contribution in [0, 0.1) is 0 Å². The Balaban J connectivity index is 3.16. The van der Waals surface area contributed by atoms with Gasteiger partial charge in [-0.3, -0.25) is 4.79 Å². The fourth-order valence-electron chi connectivity index (χ4n) is 2.46. The largest absolute Gasteiger partial charge is 0.490 e. The Morgan fingerprint density at radius 2 is 1.52 bits per heavy atom. The lowest BCUT2D eigenvalue weighted by molar-refractivity contribution is -0.139. The standard InChI is InChI=1S/C19H29NO8S/c1-5-26-15-11-13(12-16(27-6-2)17(15)28-7-3)18(21)20-14(19(22)23)9-10-29(24,25)8-4/h11-12,14H,5-10H2,1-4H3,(H,20,21)(H,22,23)/t14-/m0/s1. The highest BCUT2D eigenvalue weighted by Gasteiger charge is 2.25. The maximum atomic E-state index is 12.7. The zero-order valence-electron chi connectivity index (χ0n) is 17.2. The molecular formula is C19H29NO8S. The quantitative estimate of drug-likeness (QED) is 0.485. The van der Waals surface area contributed by atoms with Crippen LogP contribution < -0.4 is 19.5 Å². The van der Waals surface area contributed by atoms with Crippen LogP contribution in [0.3, 0.4) is 0 Å². The highest BCUT2D eigenvalue weighted by molar-refractivity contribution is 7.91. The topological polar surface area (TPSA) is 128 Å². The summed E-state index contributed by atoms with van der Waals surface area (Å²) in [7, 11) is -3.36. The molecule has 1 aromatic carbocycles. The number of benzene rings is 1. The molecule has 0 heterocycles. The van der Waals surface area contributed by atoms with E-state index in [1.165, 1.54) is 19.1 Å². The molecule has 0 spiro atoms. The van der Waals surface area contributed by atoms with Crippen LogP contribution >= 0.6 is 0 Å². The van der Waals surface area contributed by atoms with E-state index >= 15 is 0 Å². The SMILES string of the molecule is CCOc1cc(C(=O)N[C@@H](CCS(=O)(=O)CC)C(=O)O)cc(OCC)c1OCC. The number of carbonyl (C=O) groups is 2. The zero-order chi connectivity index (χ0) is 22.0. The first-order chi connectivity index (χ1) is 13.7. The van der Waals surface area contributed by atoms with E-state index in [2.05, 4.69) is 5.32 Å². The molecule has 1 amide bonds. The lowest BCUT2D eigenvalue weighted by atomic mass is 10.1. The lowest BCUT2D eigenvalue weighted by Gasteiger charge is -2.18. The second-order valence-electron chi connectivity index (χ2n) is 5.99. The van der Waals surface area contributed by atoms with Gasteiger partial charge in [0.25, 0.3) is 5.91 Å². The van der Waals surface area contributed by atoms with Gasteiger partial charge in [-0.05, 0) is 39.3 Å². The van der Waals surface area contributed by atoms with Crippen molar-refractivity contribution in [3.05, 3.63) is 17.7 Å². The monoisotopic (exact) mass is 431 g/mol. The highest BCUT2D eigenvalue weighted by atomic mass is 32.2. The fourth-order valence-corrected chi connectivity index (χ4v) is 3.34. The van der Waals surface area contributed by atoms with Crippen LogP contribution in [0.2, 0.25) is 0 Å². The van der Waals surface area contributed by atoms with E-state index < -0.39 is 27.8 Å². The summed E-state index contributed by atoms with van der Waals surface area (Å²) < 4.78 is 40.0. The summed E-state index contributed by atoms with van der Waals surface area (Å²) in [5, 5.41) is 11.7. The van der Waals surface area contributed by atoms with Crippen molar-refractivity contribution < 1.29 is 37.3 Å². The van der Waals surface area contributed by atoms with Crippen molar-refractivity contribution in [3.8, 4) is 17.2 Å². The summed E-state index contributed by atoms with van der Waals surface area (Å²) in [5.41, 5.74) is 0.116. The van der Waals surface area contributed by atoms with Gasteiger partial charge < -0.3 is 24.6 Å². The molecule has 164 valence electrons. The molecule has 1 aromatic rings. The predicted octanol–water partition coefficient (Wildman–Crippen LogP) is 1.89. The summed E-state index contributed by atoms with van der Waals surface area (Å²) in [5.74, 6) is -1.48. The van der Waals surface area contributed by atoms with Crippen molar-refractivity contribution in [1.82, 2.24) is 5.32 Å². The van der Waals surface area contributed by atoms with Crippen molar-refractivity contribution in [2.24, 2.45) is 0 Å². The first-order valence-electron chi connectivity index (χ1n) is 9.49. The van der Waals surface area contributed by atoms with Gasteiger partial charge >= 0.3 is 5.97 Å². The van der Waals surface area contributed by atoms with Crippen LogP contribution in [0.1, 0.15) is 44.5 Å². The minimum atomic E-state index is -3.36. The second-order valence-corrected chi connectivity index (χ2v) is 8.46. The molecule has 0 aliphatic rings. The molecule has 10 heteroatoms. The average molecular weight is 432 g/mol. The number of sulfone groups is 1. The summed E-state index contributed by atoms with van der Waals surface area (Å²) in [4.78, 5) is 24.1. The Morgan fingerprint density at radius 3 is 1.93 bits per heavy atom. The number of hydrogen-bond donors (Lipinski definition) is 2. The Labute approximate surface area is 171 Å². The molecule has 0 saturated heterocycles. The molecule has 29 heavy (non-hydrogen) atoms.